The number of anilines is 1. The first-order chi connectivity index (χ1) is 12.5. The Kier molecular flexibility index (Phi) is 7.42. The smallest absolute Gasteiger partial charge is 0.251 e. The van der Waals surface area contributed by atoms with Gasteiger partial charge in [-0.3, -0.25) is 9.59 Å². The molecule has 1 aliphatic rings. The Labute approximate surface area is 154 Å². The van der Waals surface area contributed by atoms with Gasteiger partial charge in [0.15, 0.2) is 0 Å². The monoisotopic (exact) mass is 358 g/mol. The minimum atomic E-state index is -0.658. The predicted octanol–water partition coefficient (Wildman–Crippen LogP) is 1.31. The summed E-state index contributed by atoms with van der Waals surface area (Å²) >= 11 is 0. The van der Waals surface area contributed by atoms with Gasteiger partial charge in [-0.15, -0.1) is 0 Å². The van der Waals surface area contributed by atoms with Crippen LogP contribution in [0.2, 0.25) is 0 Å². The molecule has 7 nitrogen and oxygen atoms in total. The summed E-state index contributed by atoms with van der Waals surface area (Å²) in [6, 6.07) is 8.56. The topological polar surface area (TPSA) is 94.5 Å². The lowest BCUT2D eigenvalue weighted by Crippen LogP contribution is -2.47. The van der Waals surface area contributed by atoms with Gasteiger partial charge in [-0.2, -0.15) is 5.26 Å². The number of ether oxygens (including phenoxy) is 1. The number of hydrogen-bond acceptors (Lipinski definition) is 5. The number of nitrogens with zero attached hydrogens (tertiary/aromatic N) is 2. The fourth-order valence-corrected chi connectivity index (χ4v) is 2.84. The van der Waals surface area contributed by atoms with E-state index in [1.165, 1.54) is 0 Å². The lowest BCUT2D eigenvalue weighted by atomic mass is 10.0. The van der Waals surface area contributed by atoms with Crippen molar-refractivity contribution in [1.82, 2.24) is 10.6 Å². The number of hydrogen-bond donors (Lipinski definition) is 2. The molecule has 1 atom stereocenters. The molecule has 0 bridgehead atoms. The minimum absolute atomic E-state index is 0.0719. The van der Waals surface area contributed by atoms with Crippen LogP contribution in [0, 0.1) is 17.2 Å². The van der Waals surface area contributed by atoms with Crippen LogP contribution in [0.4, 0.5) is 5.69 Å². The first kappa shape index (κ1) is 19.7. The molecule has 0 spiro atoms. The van der Waals surface area contributed by atoms with Crippen LogP contribution in [0.5, 0.6) is 0 Å². The van der Waals surface area contributed by atoms with Gasteiger partial charge in [-0.05, 0) is 36.6 Å². The average molecular weight is 358 g/mol. The molecule has 1 unspecified atom stereocenters. The predicted molar refractivity (Wildman–Crippen MR) is 98.8 cm³/mol. The molecule has 0 aromatic heterocycles. The molecule has 1 saturated heterocycles. The van der Waals surface area contributed by atoms with Crippen molar-refractivity contribution >= 4 is 17.5 Å². The second kappa shape index (κ2) is 9.78. The van der Waals surface area contributed by atoms with E-state index < -0.39 is 6.04 Å². The number of benzene rings is 1. The largest absolute Gasteiger partial charge is 0.378 e. The second-order valence-electron chi connectivity index (χ2n) is 6.68. The standard InChI is InChI=1S/C19H26N4O3/c1-14(2)13-17(19(25)21-8-7-20)22-18(24)15-3-5-16(6-4-15)23-9-11-26-12-10-23/h3-6,14,17H,8-13H2,1-2H3,(H,21,25)(H,22,24). The summed E-state index contributed by atoms with van der Waals surface area (Å²) in [5.41, 5.74) is 1.55. The molecule has 0 aliphatic carbocycles. The fraction of sp³-hybridized carbons (Fsp3) is 0.526. The van der Waals surface area contributed by atoms with E-state index in [1.54, 1.807) is 12.1 Å². The summed E-state index contributed by atoms with van der Waals surface area (Å²) in [5.74, 6) is -0.397. The van der Waals surface area contributed by atoms with Gasteiger partial charge < -0.3 is 20.3 Å². The molecule has 2 amide bonds. The molecular formula is C19H26N4O3. The number of morpholine rings is 1. The molecule has 1 fully saturated rings. The summed E-state index contributed by atoms with van der Waals surface area (Å²) < 4.78 is 5.35. The first-order valence-corrected chi connectivity index (χ1v) is 8.89. The van der Waals surface area contributed by atoms with Gasteiger partial charge in [-0.1, -0.05) is 13.8 Å². The third kappa shape index (κ3) is 5.74. The molecule has 2 rings (SSSR count). The quantitative estimate of drug-likeness (QED) is 0.717. The molecule has 1 aliphatic heterocycles. The third-order valence-electron chi connectivity index (χ3n) is 4.18. The molecule has 26 heavy (non-hydrogen) atoms. The number of nitrogens with one attached hydrogen (secondary N) is 2. The number of rotatable bonds is 7. The number of carbonyl (C=O) groups excluding carboxylic acids is 2. The van der Waals surface area contributed by atoms with Gasteiger partial charge in [0.1, 0.15) is 12.6 Å². The SMILES string of the molecule is CC(C)CC(NC(=O)c1ccc(N2CCOCC2)cc1)C(=O)NCC#N. The van der Waals surface area contributed by atoms with E-state index in [0.29, 0.717) is 25.2 Å². The van der Waals surface area contributed by atoms with Gasteiger partial charge in [0.05, 0.1) is 19.3 Å². The molecular weight excluding hydrogens is 332 g/mol. The molecule has 140 valence electrons. The van der Waals surface area contributed by atoms with Crippen LogP contribution in [-0.4, -0.2) is 50.7 Å². The van der Waals surface area contributed by atoms with Crippen LogP contribution < -0.4 is 15.5 Å². The Bertz CT molecular complexity index is 646. The van der Waals surface area contributed by atoms with E-state index in [-0.39, 0.29) is 24.3 Å². The van der Waals surface area contributed by atoms with E-state index >= 15 is 0 Å². The van der Waals surface area contributed by atoms with Gasteiger partial charge in [0.2, 0.25) is 5.91 Å². The zero-order valence-corrected chi connectivity index (χ0v) is 15.3. The van der Waals surface area contributed by atoms with Gasteiger partial charge in [0.25, 0.3) is 5.91 Å². The lowest BCUT2D eigenvalue weighted by molar-refractivity contribution is -0.123. The minimum Gasteiger partial charge on any atom is -0.378 e. The summed E-state index contributed by atoms with van der Waals surface area (Å²) in [4.78, 5) is 26.9. The number of carbonyl (C=O) groups is 2. The third-order valence-corrected chi connectivity index (χ3v) is 4.18. The van der Waals surface area contributed by atoms with Crippen LogP contribution in [0.1, 0.15) is 30.6 Å². The van der Waals surface area contributed by atoms with Crippen molar-refractivity contribution < 1.29 is 14.3 Å². The van der Waals surface area contributed by atoms with Crippen molar-refractivity contribution in [2.75, 3.05) is 37.7 Å². The Morgan fingerprint density at radius 1 is 1.23 bits per heavy atom. The van der Waals surface area contributed by atoms with Crippen molar-refractivity contribution in [3.05, 3.63) is 29.8 Å². The number of nitriles is 1. The van der Waals surface area contributed by atoms with Gasteiger partial charge in [-0.25, -0.2) is 0 Å². The summed E-state index contributed by atoms with van der Waals surface area (Å²) in [5, 5.41) is 13.9. The maximum atomic E-state index is 12.5. The van der Waals surface area contributed by atoms with E-state index in [1.807, 2.05) is 32.0 Å². The fourth-order valence-electron chi connectivity index (χ4n) is 2.84. The lowest BCUT2D eigenvalue weighted by Gasteiger charge is -2.29. The highest BCUT2D eigenvalue weighted by Gasteiger charge is 2.22. The van der Waals surface area contributed by atoms with E-state index in [0.717, 1.165) is 18.8 Å². The Balaban J connectivity index is 2.01. The molecule has 2 N–H and O–H groups in total. The highest BCUT2D eigenvalue weighted by atomic mass is 16.5. The summed E-state index contributed by atoms with van der Waals surface area (Å²) in [7, 11) is 0. The van der Waals surface area contributed by atoms with Gasteiger partial charge in [0, 0.05) is 24.3 Å². The van der Waals surface area contributed by atoms with Crippen molar-refractivity contribution in [3.63, 3.8) is 0 Å². The molecule has 1 aromatic carbocycles. The molecule has 0 radical (unpaired) electrons. The Hall–Kier alpha value is -2.59. The first-order valence-electron chi connectivity index (χ1n) is 8.89. The van der Waals surface area contributed by atoms with Crippen LogP contribution in [0.3, 0.4) is 0 Å². The highest BCUT2D eigenvalue weighted by molar-refractivity contribution is 5.97. The Morgan fingerprint density at radius 2 is 1.88 bits per heavy atom. The molecule has 0 saturated carbocycles. The zero-order valence-electron chi connectivity index (χ0n) is 15.3. The average Bonchev–Trinajstić information content (AvgIpc) is 2.66. The summed E-state index contributed by atoms with van der Waals surface area (Å²) in [6.07, 6.45) is 0.509. The maximum Gasteiger partial charge on any atom is 0.251 e. The maximum absolute atomic E-state index is 12.5. The van der Waals surface area contributed by atoms with E-state index in [9.17, 15) is 9.59 Å². The number of amides is 2. The zero-order chi connectivity index (χ0) is 18.9. The highest BCUT2D eigenvalue weighted by Crippen LogP contribution is 2.17. The van der Waals surface area contributed by atoms with E-state index in [4.69, 9.17) is 10.00 Å². The van der Waals surface area contributed by atoms with Crippen molar-refractivity contribution in [2.24, 2.45) is 5.92 Å². The molecule has 1 aromatic rings. The van der Waals surface area contributed by atoms with Crippen LogP contribution in [0.25, 0.3) is 0 Å². The van der Waals surface area contributed by atoms with Crippen LogP contribution >= 0.6 is 0 Å². The summed E-state index contributed by atoms with van der Waals surface area (Å²) in [6.45, 7) is 6.97. The van der Waals surface area contributed by atoms with Crippen LogP contribution in [-0.2, 0) is 9.53 Å². The van der Waals surface area contributed by atoms with Crippen molar-refractivity contribution in [3.8, 4) is 6.07 Å². The van der Waals surface area contributed by atoms with Gasteiger partial charge >= 0.3 is 0 Å². The Morgan fingerprint density at radius 3 is 2.46 bits per heavy atom. The molecule has 1 heterocycles. The molecule has 7 heteroatoms. The van der Waals surface area contributed by atoms with Crippen LogP contribution in [0.15, 0.2) is 24.3 Å². The van der Waals surface area contributed by atoms with Crippen molar-refractivity contribution in [2.45, 2.75) is 26.3 Å². The normalized spacial score (nSPS) is 15.2. The van der Waals surface area contributed by atoms with E-state index in [2.05, 4.69) is 15.5 Å². The van der Waals surface area contributed by atoms with Crippen molar-refractivity contribution in [1.29, 1.82) is 5.26 Å². The second-order valence-corrected chi connectivity index (χ2v) is 6.68.